The Kier molecular flexibility index (Phi) is 2.37. The Morgan fingerprint density at radius 2 is 2.14 bits per heavy atom. The van der Waals surface area contributed by atoms with E-state index in [-0.39, 0.29) is 6.04 Å². The fraction of sp³-hybridized carbons (Fsp3) is 0.273. The van der Waals surface area contributed by atoms with E-state index in [1.54, 1.807) is 0 Å². The van der Waals surface area contributed by atoms with E-state index in [1.807, 2.05) is 6.92 Å². The molecule has 0 aliphatic heterocycles. The molecule has 0 amide bonds. The molecule has 2 rings (SSSR count). The predicted molar refractivity (Wildman–Crippen MR) is 63.3 cm³/mol. The van der Waals surface area contributed by atoms with Gasteiger partial charge in [0.1, 0.15) is 0 Å². The van der Waals surface area contributed by atoms with Crippen molar-refractivity contribution < 1.29 is 0 Å². The van der Waals surface area contributed by atoms with E-state index < -0.39 is 0 Å². The summed E-state index contributed by atoms with van der Waals surface area (Å²) < 4.78 is 1.09. The summed E-state index contributed by atoms with van der Waals surface area (Å²) in [5, 5.41) is 1.21. The van der Waals surface area contributed by atoms with E-state index in [0.717, 1.165) is 10.2 Å². The van der Waals surface area contributed by atoms with Crippen LogP contribution in [0.4, 0.5) is 0 Å². The molecule has 14 heavy (non-hydrogen) atoms. The van der Waals surface area contributed by atoms with Crippen molar-refractivity contribution >= 4 is 26.8 Å². The van der Waals surface area contributed by atoms with Gasteiger partial charge in [-0.25, -0.2) is 0 Å². The fourth-order valence-corrected chi connectivity index (χ4v) is 2.46. The number of H-pyrrole nitrogens is 1. The normalized spacial score (nSPS) is 13.4. The van der Waals surface area contributed by atoms with Crippen LogP contribution >= 0.6 is 15.9 Å². The molecule has 0 aliphatic rings. The molecule has 1 aromatic heterocycles. The van der Waals surface area contributed by atoms with Gasteiger partial charge in [-0.3, -0.25) is 0 Å². The largest absolute Gasteiger partial charge is 0.356 e. The summed E-state index contributed by atoms with van der Waals surface area (Å²) in [5.74, 6) is 0. The smallest absolute Gasteiger partial charge is 0.0497 e. The number of aryl methyl sites for hydroxylation is 1. The third kappa shape index (κ3) is 1.37. The second-order valence-electron chi connectivity index (χ2n) is 3.64. The van der Waals surface area contributed by atoms with Crippen molar-refractivity contribution in [3.8, 4) is 0 Å². The minimum Gasteiger partial charge on any atom is -0.356 e. The van der Waals surface area contributed by atoms with E-state index >= 15 is 0 Å². The topological polar surface area (TPSA) is 41.8 Å². The molecule has 1 heterocycles. The molecular weight excluding hydrogens is 240 g/mol. The minimum atomic E-state index is 0.0242. The first-order valence-electron chi connectivity index (χ1n) is 4.63. The number of hydrogen-bond donors (Lipinski definition) is 2. The second-order valence-corrected chi connectivity index (χ2v) is 4.43. The number of halogens is 1. The van der Waals surface area contributed by atoms with Gasteiger partial charge in [0.25, 0.3) is 0 Å². The second kappa shape index (κ2) is 3.41. The number of benzene rings is 1. The summed E-state index contributed by atoms with van der Waals surface area (Å²) in [6, 6.07) is 6.27. The van der Waals surface area contributed by atoms with Crippen LogP contribution in [-0.4, -0.2) is 4.98 Å². The summed E-state index contributed by atoms with van der Waals surface area (Å²) >= 11 is 3.58. The van der Waals surface area contributed by atoms with Gasteiger partial charge >= 0.3 is 0 Å². The molecule has 1 unspecified atom stereocenters. The molecule has 74 valence electrons. The van der Waals surface area contributed by atoms with Crippen molar-refractivity contribution in [2.45, 2.75) is 19.9 Å². The molecule has 0 saturated heterocycles. The van der Waals surface area contributed by atoms with Gasteiger partial charge in [-0.05, 0) is 35.3 Å². The summed E-state index contributed by atoms with van der Waals surface area (Å²) in [6.45, 7) is 4.07. The number of hydrogen-bond acceptors (Lipinski definition) is 1. The van der Waals surface area contributed by atoms with Gasteiger partial charge in [-0.2, -0.15) is 0 Å². The van der Waals surface area contributed by atoms with Crippen LogP contribution in [0.1, 0.15) is 24.2 Å². The molecule has 2 aromatic rings. The number of aromatic amines is 1. The average molecular weight is 253 g/mol. The molecule has 3 heteroatoms. The van der Waals surface area contributed by atoms with E-state index in [2.05, 4.69) is 46.0 Å². The highest BCUT2D eigenvalue weighted by molar-refractivity contribution is 9.10. The fourth-order valence-electron chi connectivity index (χ4n) is 1.66. The molecule has 0 fully saturated rings. The Bertz CT molecular complexity index is 471. The lowest BCUT2D eigenvalue weighted by Crippen LogP contribution is -2.05. The van der Waals surface area contributed by atoms with Gasteiger partial charge in [0, 0.05) is 27.1 Å². The maximum atomic E-state index is 5.87. The van der Waals surface area contributed by atoms with Crippen molar-refractivity contribution in [2.24, 2.45) is 5.73 Å². The minimum absolute atomic E-state index is 0.0242. The molecule has 1 atom stereocenters. The maximum absolute atomic E-state index is 5.87. The van der Waals surface area contributed by atoms with Crippen LogP contribution in [0.15, 0.2) is 22.7 Å². The van der Waals surface area contributed by atoms with E-state index in [0.29, 0.717) is 0 Å². The zero-order valence-corrected chi connectivity index (χ0v) is 9.85. The van der Waals surface area contributed by atoms with Crippen LogP contribution in [0, 0.1) is 6.92 Å². The highest BCUT2D eigenvalue weighted by Crippen LogP contribution is 2.31. The Balaban J connectivity index is 2.80. The zero-order chi connectivity index (χ0) is 10.3. The first-order chi connectivity index (χ1) is 6.61. The predicted octanol–water partition coefficient (Wildman–Crippen LogP) is 3.26. The third-order valence-electron chi connectivity index (χ3n) is 2.46. The number of nitrogens with two attached hydrogens (primary N) is 1. The van der Waals surface area contributed by atoms with Crippen molar-refractivity contribution in [3.63, 3.8) is 0 Å². The zero-order valence-electron chi connectivity index (χ0n) is 8.26. The summed E-state index contributed by atoms with van der Waals surface area (Å²) in [5.41, 5.74) is 9.35. The SMILES string of the molecule is Cc1cccc2c(Br)c(C(C)N)[nH]c12. The lowest BCUT2D eigenvalue weighted by atomic mass is 10.1. The Labute approximate surface area is 91.6 Å². The van der Waals surface area contributed by atoms with Crippen LogP contribution < -0.4 is 5.73 Å². The lowest BCUT2D eigenvalue weighted by molar-refractivity contribution is 0.787. The van der Waals surface area contributed by atoms with Crippen molar-refractivity contribution in [1.82, 2.24) is 4.98 Å². The summed E-state index contributed by atoms with van der Waals surface area (Å²) in [6.07, 6.45) is 0. The van der Waals surface area contributed by atoms with E-state index in [4.69, 9.17) is 5.73 Å². The van der Waals surface area contributed by atoms with E-state index in [1.165, 1.54) is 16.5 Å². The lowest BCUT2D eigenvalue weighted by Gasteiger charge is -2.01. The van der Waals surface area contributed by atoms with Gasteiger partial charge in [-0.1, -0.05) is 18.2 Å². The highest BCUT2D eigenvalue weighted by Gasteiger charge is 2.12. The number of aromatic nitrogens is 1. The molecule has 3 N–H and O–H groups in total. The standard InChI is InChI=1S/C11H13BrN2/c1-6-4-3-5-8-9(12)11(7(2)13)14-10(6)8/h3-5,7,14H,13H2,1-2H3. The number of para-hydroxylation sites is 1. The van der Waals surface area contributed by atoms with Crippen molar-refractivity contribution in [3.05, 3.63) is 33.9 Å². The molecule has 0 radical (unpaired) electrons. The molecule has 0 bridgehead atoms. The van der Waals surface area contributed by atoms with Gasteiger partial charge in [0.2, 0.25) is 0 Å². The first-order valence-corrected chi connectivity index (χ1v) is 5.43. The first kappa shape index (κ1) is 9.74. The Morgan fingerprint density at radius 1 is 1.43 bits per heavy atom. The van der Waals surface area contributed by atoms with Gasteiger partial charge in [0.05, 0.1) is 0 Å². The quantitative estimate of drug-likeness (QED) is 0.804. The molecule has 0 saturated carbocycles. The Hall–Kier alpha value is -0.800. The van der Waals surface area contributed by atoms with Crippen LogP contribution in [0.3, 0.4) is 0 Å². The third-order valence-corrected chi connectivity index (χ3v) is 3.32. The molecule has 0 spiro atoms. The Morgan fingerprint density at radius 3 is 2.71 bits per heavy atom. The summed E-state index contributed by atoms with van der Waals surface area (Å²) in [4.78, 5) is 3.36. The van der Waals surface area contributed by atoms with E-state index in [9.17, 15) is 0 Å². The van der Waals surface area contributed by atoms with Crippen molar-refractivity contribution in [2.75, 3.05) is 0 Å². The van der Waals surface area contributed by atoms with Crippen LogP contribution in [0.5, 0.6) is 0 Å². The van der Waals surface area contributed by atoms with Crippen LogP contribution in [-0.2, 0) is 0 Å². The highest BCUT2D eigenvalue weighted by atomic mass is 79.9. The van der Waals surface area contributed by atoms with Crippen molar-refractivity contribution in [1.29, 1.82) is 0 Å². The molecule has 1 aromatic carbocycles. The maximum Gasteiger partial charge on any atom is 0.0497 e. The average Bonchev–Trinajstić information content (AvgIpc) is 2.46. The van der Waals surface area contributed by atoms with Gasteiger partial charge in [-0.15, -0.1) is 0 Å². The molecule has 0 aliphatic carbocycles. The van der Waals surface area contributed by atoms with Crippen LogP contribution in [0.2, 0.25) is 0 Å². The van der Waals surface area contributed by atoms with Crippen LogP contribution in [0.25, 0.3) is 10.9 Å². The number of fused-ring (bicyclic) bond motifs is 1. The number of nitrogens with one attached hydrogen (secondary N) is 1. The van der Waals surface area contributed by atoms with Gasteiger partial charge in [0.15, 0.2) is 0 Å². The molecule has 2 nitrogen and oxygen atoms in total. The van der Waals surface area contributed by atoms with Gasteiger partial charge < -0.3 is 10.7 Å². The monoisotopic (exact) mass is 252 g/mol. The summed E-state index contributed by atoms with van der Waals surface area (Å²) in [7, 11) is 0. The number of rotatable bonds is 1. The molecular formula is C11H13BrN2.